The molecule has 18 heavy (non-hydrogen) atoms. The van der Waals surface area contributed by atoms with Gasteiger partial charge < -0.3 is 9.67 Å². The summed E-state index contributed by atoms with van der Waals surface area (Å²) in [7, 11) is 1.99. The van der Waals surface area contributed by atoms with Crippen molar-refractivity contribution in [3.8, 4) is 0 Å². The highest BCUT2D eigenvalue weighted by Crippen LogP contribution is 2.39. The van der Waals surface area contributed by atoms with E-state index in [0.717, 1.165) is 41.4 Å². The van der Waals surface area contributed by atoms with Crippen molar-refractivity contribution >= 4 is 28.5 Å². The maximum absolute atomic E-state index is 11.4. The highest BCUT2D eigenvalue weighted by atomic mass is 35.5. The van der Waals surface area contributed by atoms with E-state index in [0.29, 0.717) is 5.02 Å². The highest BCUT2D eigenvalue weighted by Gasteiger charge is 2.30. The SMILES string of the molecule is Cn1c2c(c3ccc(Cl)cc31)C(C(=O)O)CCC2. The zero-order valence-corrected chi connectivity index (χ0v) is 10.9. The number of rotatable bonds is 1. The number of hydrogen-bond acceptors (Lipinski definition) is 1. The van der Waals surface area contributed by atoms with Crippen LogP contribution in [0.25, 0.3) is 10.9 Å². The molecule has 1 aromatic heterocycles. The number of carboxylic acid groups (broad SMARTS) is 1. The fourth-order valence-electron chi connectivity index (χ4n) is 3.05. The summed E-state index contributed by atoms with van der Waals surface area (Å²) in [6.07, 6.45) is 2.61. The molecule has 0 amide bonds. The second-order valence-corrected chi connectivity index (χ2v) is 5.30. The summed E-state index contributed by atoms with van der Waals surface area (Å²) >= 11 is 6.02. The molecule has 1 atom stereocenters. The van der Waals surface area contributed by atoms with Gasteiger partial charge in [0.1, 0.15) is 0 Å². The smallest absolute Gasteiger partial charge is 0.311 e. The third-order valence-corrected chi connectivity index (χ3v) is 4.12. The van der Waals surface area contributed by atoms with Gasteiger partial charge in [-0.1, -0.05) is 17.7 Å². The van der Waals surface area contributed by atoms with E-state index in [-0.39, 0.29) is 5.92 Å². The van der Waals surface area contributed by atoms with Gasteiger partial charge in [-0.2, -0.15) is 0 Å². The molecule has 0 bridgehead atoms. The standard InChI is InChI=1S/C14H14ClNO2/c1-16-11-4-2-3-10(14(17)18)13(11)9-6-5-8(15)7-12(9)16/h5-7,10H,2-4H2,1H3,(H,17,18). The summed E-state index contributed by atoms with van der Waals surface area (Å²) in [6, 6.07) is 5.68. The van der Waals surface area contributed by atoms with Crippen molar-refractivity contribution in [2.24, 2.45) is 7.05 Å². The molecule has 1 heterocycles. The number of hydrogen-bond donors (Lipinski definition) is 1. The Hall–Kier alpha value is -1.48. The Labute approximate surface area is 110 Å². The summed E-state index contributed by atoms with van der Waals surface area (Å²) in [6.45, 7) is 0. The quantitative estimate of drug-likeness (QED) is 0.857. The predicted octanol–water partition coefficient (Wildman–Crippen LogP) is 3.34. The molecule has 1 aliphatic carbocycles. The molecule has 0 saturated carbocycles. The van der Waals surface area contributed by atoms with Crippen LogP contribution in [0.15, 0.2) is 18.2 Å². The second-order valence-electron chi connectivity index (χ2n) is 4.86. The largest absolute Gasteiger partial charge is 0.481 e. The van der Waals surface area contributed by atoms with Crippen LogP contribution in [0.5, 0.6) is 0 Å². The lowest BCUT2D eigenvalue weighted by molar-refractivity contribution is -0.139. The van der Waals surface area contributed by atoms with Crippen molar-refractivity contribution in [2.45, 2.75) is 25.2 Å². The zero-order valence-electron chi connectivity index (χ0n) is 10.1. The van der Waals surface area contributed by atoms with Crippen LogP contribution in [-0.2, 0) is 18.3 Å². The first-order valence-corrected chi connectivity index (χ1v) is 6.47. The lowest BCUT2D eigenvalue weighted by atomic mass is 9.85. The Morgan fingerprint density at radius 1 is 1.50 bits per heavy atom. The fraction of sp³-hybridized carbons (Fsp3) is 0.357. The maximum Gasteiger partial charge on any atom is 0.311 e. The number of halogens is 1. The maximum atomic E-state index is 11.4. The number of aryl methyl sites for hydroxylation is 1. The predicted molar refractivity (Wildman–Crippen MR) is 71.2 cm³/mol. The van der Waals surface area contributed by atoms with Crippen LogP contribution in [0.3, 0.4) is 0 Å². The molecule has 0 fully saturated rings. The van der Waals surface area contributed by atoms with Crippen molar-refractivity contribution in [3.63, 3.8) is 0 Å². The molecule has 3 rings (SSSR count). The molecule has 1 unspecified atom stereocenters. The summed E-state index contributed by atoms with van der Waals surface area (Å²) in [5.41, 5.74) is 3.16. The minimum absolute atomic E-state index is 0.376. The molecule has 1 aromatic carbocycles. The number of aromatic nitrogens is 1. The zero-order chi connectivity index (χ0) is 12.9. The van der Waals surface area contributed by atoms with Crippen molar-refractivity contribution in [1.82, 2.24) is 4.57 Å². The summed E-state index contributed by atoms with van der Waals surface area (Å²) in [5.74, 6) is -1.10. The molecule has 3 nitrogen and oxygen atoms in total. The van der Waals surface area contributed by atoms with Crippen molar-refractivity contribution in [2.75, 3.05) is 0 Å². The molecule has 94 valence electrons. The average molecular weight is 264 g/mol. The molecule has 4 heteroatoms. The second kappa shape index (κ2) is 4.02. The van der Waals surface area contributed by atoms with Gasteiger partial charge in [-0.3, -0.25) is 4.79 Å². The molecule has 1 aliphatic rings. The Morgan fingerprint density at radius 2 is 2.28 bits per heavy atom. The van der Waals surface area contributed by atoms with E-state index in [1.54, 1.807) is 0 Å². The minimum Gasteiger partial charge on any atom is -0.481 e. The molecule has 2 aromatic rings. The Balaban J connectivity index is 2.35. The van der Waals surface area contributed by atoms with E-state index in [9.17, 15) is 9.90 Å². The van der Waals surface area contributed by atoms with Crippen molar-refractivity contribution in [1.29, 1.82) is 0 Å². The van der Waals surface area contributed by atoms with Gasteiger partial charge in [0.15, 0.2) is 0 Å². The molecular formula is C14H14ClNO2. The Bertz CT molecular complexity index is 645. The third kappa shape index (κ3) is 1.54. The summed E-state index contributed by atoms with van der Waals surface area (Å²) < 4.78 is 2.09. The van der Waals surface area contributed by atoms with Crippen LogP contribution in [0, 0.1) is 0 Å². The van der Waals surface area contributed by atoms with Crippen molar-refractivity contribution in [3.05, 3.63) is 34.5 Å². The lowest BCUT2D eigenvalue weighted by Gasteiger charge is -2.20. The molecule has 0 radical (unpaired) electrons. The topological polar surface area (TPSA) is 42.2 Å². The summed E-state index contributed by atoms with van der Waals surface area (Å²) in [5, 5.41) is 11.1. The van der Waals surface area contributed by atoms with E-state index in [2.05, 4.69) is 4.57 Å². The van der Waals surface area contributed by atoms with Gasteiger partial charge in [0.2, 0.25) is 0 Å². The number of benzene rings is 1. The van der Waals surface area contributed by atoms with Gasteiger partial charge in [0, 0.05) is 28.7 Å². The van der Waals surface area contributed by atoms with Crippen LogP contribution in [0.4, 0.5) is 0 Å². The van der Waals surface area contributed by atoms with Crippen LogP contribution < -0.4 is 0 Å². The minimum atomic E-state index is -0.724. The molecular weight excluding hydrogens is 250 g/mol. The first-order chi connectivity index (χ1) is 8.59. The molecule has 0 saturated heterocycles. The van der Waals surface area contributed by atoms with Gasteiger partial charge in [0.25, 0.3) is 0 Å². The van der Waals surface area contributed by atoms with E-state index < -0.39 is 5.97 Å². The summed E-state index contributed by atoms with van der Waals surface area (Å²) in [4.78, 5) is 11.4. The van der Waals surface area contributed by atoms with E-state index >= 15 is 0 Å². The molecule has 0 spiro atoms. The Morgan fingerprint density at radius 3 is 3.00 bits per heavy atom. The lowest BCUT2D eigenvalue weighted by Crippen LogP contribution is -2.18. The average Bonchev–Trinajstić information content (AvgIpc) is 2.63. The van der Waals surface area contributed by atoms with E-state index in [1.165, 1.54) is 0 Å². The molecule has 0 aliphatic heterocycles. The monoisotopic (exact) mass is 263 g/mol. The third-order valence-electron chi connectivity index (χ3n) is 3.88. The van der Waals surface area contributed by atoms with Gasteiger partial charge in [-0.15, -0.1) is 0 Å². The van der Waals surface area contributed by atoms with Gasteiger partial charge in [0.05, 0.1) is 5.92 Å². The van der Waals surface area contributed by atoms with Gasteiger partial charge in [-0.25, -0.2) is 0 Å². The van der Waals surface area contributed by atoms with Crippen LogP contribution in [0.2, 0.25) is 5.02 Å². The van der Waals surface area contributed by atoms with Gasteiger partial charge >= 0.3 is 5.97 Å². The number of carbonyl (C=O) groups is 1. The fourth-order valence-corrected chi connectivity index (χ4v) is 3.21. The first kappa shape index (κ1) is 11.6. The highest BCUT2D eigenvalue weighted by molar-refractivity contribution is 6.31. The molecule has 1 N–H and O–H groups in total. The van der Waals surface area contributed by atoms with Crippen LogP contribution >= 0.6 is 11.6 Å². The first-order valence-electron chi connectivity index (χ1n) is 6.09. The Kier molecular flexibility index (Phi) is 2.59. The van der Waals surface area contributed by atoms with Gasteiger partial charge in [-0.05, 0) is 37.0 Å². The number of nitrogens with zero attached hydrogens (tertiary/aromatic N) is 1. The number of fused-ring (bicyclic) bond motifs is 3. The van der Waals surface area contributed by atoms with E-state index in [1.807, 2.05) is 25.2 Å². The van der Waals surface area contributed by atoms with E-state index in [4.69, 9.17) is 11.6 Å². The number of aliphatic carboxylic acids is 1. The normalized spacial score (nSPS) is 18.9. The van der Waals surface area contributed by atoms with Crippen molar-refractivity contribution < 1.29 is 9.90 Å². The van der Waals surface area contributed by atoms with Crippen LogP contribution in [0.1, 0.15) is 30.0 Å². The van der Waals surface area contributed by atoms with Crippen LogP contribution in [-0.4, -0.2) is 15.6 Å². The number of carboxylic acids is 1.